The molecule has 6 nitrogen and oxygen atoms in total. The third-order valence-electron chi connectivity index (χ3n) is 4.34. The highest BCUT2D eigenvalue weighted by atomic mass is 32.2. The van der Waals surface area contributed by atoms with Gasteiger partial charge in [-0.05, 0) is 31.9 Å². The van der Waals surface area contributed by atoms with Gasteiger partial charge in [0.2, 0.25) is 0 Å². The Morgan fingerprint density at radius 3 is 3.24 bits per heavy atom. The van der Waals surface area contributed by atoms with E-state index in [1.54, 1.807) is 0 Å². The highest BCUT2D eigenvalue weighted by molar-refractivity contribution is 7.99. The third-order valence-corrected chi connectivity index (χ3v) is 5.57. The van der Waals surface area contributed by atoms with Gasteiger partial charge in [0.25, 0.3) is 5.71 Å². The van der Waals surface area contributed by atoms with Gasteiger partial charge in [-0.25, -0.2) is 4.98 Å². The van der Waals surface area contributed by atoms with Crippen molar-refractivity contribution in [3.05, 3.63) is 12.0 Å². The normalized spacial score (nSPS) is 29.3. The first-order valence-corrected chi connectivity index (χ1v) is 8.46. The minimum Gasteiger partial charge on any atom is -0.374 e. The Hall–Kier alpha value is -1.34. The molecule has 0 amide bonds. The number of aryl methyl sites for hydroxylation is 1. The average molecular weight is 306 g/mol. The molecule has 21 heavy (non-hydrogen) atoms. The van der Waals surface area contributed by atoms with Crippen molar-refractivity contribution in [2.75, 3.05) is 23.4 Å². The van der Waals surface area contributed by atoms with Gasteiger partial charge in [0, 0.05) is 18.4 Å². The molecule has 0 bridgehead atoms. The second kappa shape index (κ2) is 5.14. The monoisotopic (exact) mass is 306 g/mol. The molecule has 0 saturated carbocycles. The molecule has 2 aromatic rings. The van der Waals surface area contributed by atoms with E-state index >= 15 is 0 Å². The molecule has 2 atom stereocenters. The molecule has 0 aliphatic carbocycles. The van der Waals surface area contributed by atoms with Gasteiger partial charge in [0.1, 0.15) is 17.5 Å². The SMILES string of the molecule is Cc1noc2ncnc(N[C@@H]3CCO[C@]4(CCSC4)C3)c12. The Morgan fingerprint density at radius 1 is 1.43 bits per heavy atom. The molecule has 0 unspecified atom stereocenters. The lowest BCUT2D eigenvalue weighted by Crippen LogP contribution is -2.44. The molecule has 112 valence electrons. The number of thioether (sulfide) groups is 1. The summed E-state index contributed by atoms with van der Waals surface area (Å²) in [5, 5.41) is 8.42. The van der Waals surface area contributed by atoms with Gasteiger partial charge in [-0.2, -0.15) is 16.7 Å². The summed E-state index contributed by atoms with van der Waals surface area (Å²) < 4.78 is 11.3. The summed E-state index contributed by atoms with van der Waals surface area (Å²) in [5.74, 6) is 3.14. The second-order valence-corrected chi connectivity index (χ2v) is 6.94. The van der Waals surface area contributed by atoms with E-state index in [1.165, 1.54) is 12.1 Å². The fourth-order valence-corrected chi connectivity index (χ4v) is 4.62. The van der Waals surface area contributed by atoms with Gasteiger partial charge in [-0.1, -0.05) is 5.16 Å². The largest absolute Gasteiger partial charge is 0.374 e. The van der Waals surface area contributed by atoms with Gasteiger partial charge in [0.15, 0.2) is 0 Å². The van der Waals surface area contributed by atoms with Gasteiger partial charge in [-0.3, -0.25) is 0 Å². The van der Waals surface area contributed by atoms with E-state index in [0.29, 0.717) is 11.8 Å². The first-order valence-electron chi connectivity index (χ1n) is 7.31. The molecular formula is C14H18N4O2S. The van der Waals surface area contributed by atoms with Crippen LogP contribution in [0.1, 0.15) is 25.0 Å². The number of rotatable bonds is 2. The van der Waals surface area contributed by atoms with E-state index in [0.717, 1.165) is 48.5 Å². The maximum Gasteiger partial charge on any atom is 0.263 e. The smallest absolute Gasteiger partial charge is 0.263 e. The van der Waals surface area contributed by atoms with E-state index in [9.17, 15) is 0 Å². The number of nitrogens with zero attached hydrogens (tertiary/aromatic N) is 3. The molecule has 7 heteroatoms. The van der Waals surface area contributed by atoms with E-state index in [1.807, 2.05) is 18.7 Å². The van der Waals surface area contributed by atoms with Crippen LogP contribution in [0.4, 0.5) is 5.82 Å². The summed E-state index contributed by atoms with van der Waals surface area (Å²) in [5.41, 5.74) is 1.44. The molecule has 4 rings (SSSR count). The quantitative estimate of drug-likeness (QED) is 0.913. The molecule has 1 N–H and O–H groups in total. The molecule has 2 saturated heterocycles. The number of fused-ring (bicyclic) bond motifs is 1. The molecule has 2 aliphatic rings. The summed E-state index contributed by atoms with van der Waals surface area (Å²) in [6, 6.07) is 0.379. The first kappa shape index (κ1) is 13.3. The summed E-state index contributed by atoms with van der Waals surface area (Å²) in [7, 11) is 0. The lowest BCUT2D eigenvalue weighted by Gasteiger charge is -2.38. The summed E-state index contributed by atoms with van der Waals surface area (Å²) in [6.07, 6.45) is 4.72. The zero-order valence-electron chi connectivity index (χ0n) is 12.0. The van der Waals surface area contributed by atoms with Crippen LogP contribution in [0, 0.1) is 6.92 Å². The van der Waals surface area contributed by atoms with Crippen LogP contribution in [0.3, 0.4) is 0 Å². The van der Waals surface area contributed by atoms with Crippen LogP contribution in [-0.2, 0) is 4.74 Å². The number of ether oxygens (including phenoxy) is 1. The molecule has 2 aromatic heterocycles. The molecule has 0 radical (unpaired) electrons. The molecule has 4 heterocycles. The number of anilines is 1. The average Bonchev–Trinajstić information content (AvgIpc) is 3.08. The fourth-order valence-electron chi connectivity index (χ4n) is 3.24. The van der Waals surface area contributed by atoms with Crippen molar-refractivity contribution >= 4 is 28.7 Å². The highest BCUT2D eigenvalue weighted by Gasteiger charge is 2.40. The van der Waals surface area contributed by atoms with E-state index < -0.39 is 0 Å². The molecule has 2 aliphatic heterocycles. The fraction of sp³-hybridized carbons (Fsp3) is 0.643. The van der Waals surface area contributed by atoms with Crippen LogP contribution in [0.5, 0.6) is 0 Å². The van der Waals surface area contributed by atoms with Crippen molar-refractivity contribution in [2.24, 2.45) is 0 Å². The van der Waals surface area contributed by atoms with Crippen molar-refractivity contribution in [3.8, 4) is 0 Å². The van der Waals surface area contributed by atoms with Crippen LogP contribution in [0.2, 0.25) is 0 Å². The van der Waals surface area contributed by atoms with Gasteiger partial charge < -0.3 is 14.6 Å². The predicted octanol–water partition coefficient (Wildman–Crippen LogP) is 2.39. The number of nitrogens with one attached hydrogen (secondary N) is 1. The van der Waals surface area contributed by atoms with Crippen LogP contribution in [0.25, 0.3) is 11.1 Å². The van der Waals surface area contributed by atoms with Crippen LogP contribution >= 0.6 is 11.8 Å². The Morgan fingerprint density at radius 2 is 2.38 bits per heavy atom. The minimum atomic E-state index is 0.0659. The lowest BCUT2D eigenvalue weighted by molar-refractivity contribution is -0.0628. The predicted molar refractivity (Wildman–Crippen MR) is 81.6 cm³/mol. The van der Waals surface area contributed by atoms with Crippen molar-refractivity contribution < 1.29 is 9.26 Å². The molecule has 0 aromatic carbocycles. The second-order valence-electron chi connectivity index (χ2n) is 5.84. The van der Waals surface area contributed by atoms with Crippen molar-refractivity contribution in [3.63, 3.8) is 0 Å². The minimum absolute atomic E-state index is 0.0659. The van der Waals surface area contributed by atoms with Gasteiger partial charge >= 0.3 is 0 Å². The Bertz CT molecular complexity index is 653. The first-order chi connectivity index (χ1) is 10.3. The van der Waals surface area contributed by atoms with E-state index in [4.69, 9.17) is 9.26 Å². The Kier molecular flexibility index (Phi) is 3.26. The summed E-state index contributed by atoms with van der Waals surface area (Å²) in [6.45, 7) is 2.73. The standard InChI is InChI=1S/C14H18N4O2S/c1-9-11-12(15-8-16-13(11)20-18-9)17-10-2-4-19-14(6-10)3-5-21-7-14/h8,10H,2-7H2,1H3,(H,15,16,17)/t10-,14-/m1/s1. The summed E-state index contributed by atoms with van der Waals surface area (Å²) in [4.78, 5) is 8.50. The lowest BCUT2D eigenvalue weighted by atomic mass is 9.90. The van der Waals surface area contributed by atoms with Crippen molar-refractivity contribution in [1.82, 2.24) is 15.1 Å². The molecule has 1 spiro atoms. The van der Waals surface area contributed by atoms with Crippen molar-refractivity contribution in [2.45, 2.75) is 37.8 Å². The van der Waals surface area contributed by atoms with Gasteiger partial charge in [-0.15, -0.1) is 0 Å². The number of aromatic nitrogens is 3. The van der Waals surface area contributed by atoms with Gasteiger partial charge in [0.05, 0.1) is 11.3 Å². The van der Waals surface area contributed by atoms with Crippen LogP contribution in [-0.4, -0.2) is 44.9 Å². The number of hydrogen-bond donors (Lipinski definition) is 1. The van der Waals surface area contributed by atoms with E-state index in [-0.39, 0.29) is 5.60 Å². The Balaban J connectivity index is 1.58. The topological polar surface area (TPSA) is 73.1 Å². The van der Waals surface area contributed by atoms with Crippen LogP contribution in [0.15, 0.2) is 10.9 Å². The zero-order valence-corrected chi connectivity index (χ0v) is 12.8. The third kappa shape index (κ3) is 2.38. The van der Waals surface area contributed by atoms with Crippen molar-refractivity contribution in [1.29, 1.82) is 0 Å². The molecular weight excluding hydrogens is 288 g/mol. The maximum absolute atomic E-state index is 6.07. The molecule has 2 fully saturated rings. The van der Waals surface area contributed by atoms with Crippen LogP contribution < -0.4 is 5.32 Å². The zero-order chi connectivity index (χ0) is 14.3. The van der Waals surface area contributed by atoms with E-state index in [2.05, 4.69) is 20.4 Å². The summed E-state index contributed by atoms with van der Waals surface area (Å²) >= 11 is 1.99. The maximum atomic E-state index is 6.07. The highest BCUT2D eigenvalue weighted by Crippen LogP contribution is 2.39. The number of hydrogen-bond acceptors (Lipinski definition) is 7. The Labute approximate surface area is 127 Å².